The van der Waals surface area contributed by atoms with E-state index in [-0.39, 0.29) is 34.0 Å². The molecule has 2 aromatic heterocycles. The number of nitrogens with one attached hydrogen (secondary N) is 1. The van der Waals surface area contributed by atoms with Gasteiger partial charge in [0.2, 0.25) is 5.95 Å². The zero-order chi connectivity index (χ0) is 23.6. The third kappa shape index (κ3) is 4.87. The molecule has 0 aromatic carbocycles. The van der Waals surface area contributed by atoms with Gasteiger partial charge in [0.25, 0.3) is 10.0 Å². The molecule has 1 fully saturated rings. The Hall–Kier alpha value is -2.96. The van der Waals surface area contributed by atoms with E-state index < -0.39 is 27.8 Å². The highest BCUT2D eigenvalue weighted by molar-refractivity contribution is 7.89. The molecule has 2 aliphatic rings. The molecule has 33 heavy (non-hydrogen) atoms. The van der Waals surface area contributed by atoms with Crippen molar-refractivity contribution in [2.24, 2.45) is 0 Å². The summed E-state index contributed by atoms with van der Waals surface area (Å²) in [6.07, 6.45) is 5.50. The van der Waals surface area contributed by atoms with Gasteiger partial charge in [-0.2, -0.15) is 9.29 Å². The summed E-state index contributed by atoms with van der Waals surface area (Å²) >= 11 is 0. The van der Waals surface area contributed by atoms with Gasteiger partial charge >= 0.3 is 0 Å². The number of ether oxygens (including phenoxy) is 1. The molecule has 3 N–H and O–H groups in total. The van der Waals surface area contributed by atoms with Crippen molar-refractivity contribution in [2.45, 2.75) is 30.0 Å². The molecule has 3 heterocycles. The van der Waals surface area contributed by atoms with Crippen LogP contribution < -0.4 is 11.1 Å². The number of nitrogen functional groups attached to an aromatic ring is 1. The largest absolute Gasteiger partial charge is 0.383 e. The Morgan fingerprint density at radius 2 is 1.97 bits per heavy atom. The Kier molecular flexibility index (Phi) is 6.68. The number of allylic oxidation sites excluding steroid dienone is 2. The first kappa shape index (κ1) is 23.2. The second-order valence-electron chi connectivity index (χ2n) is 7.59. The lowest BCUT2D eigenvalue weighted by Crippen LogP contribution is -2.42. The maximum absolute atomic E-state index is 14.3. The second kappa shape index (κ2) is 9.49. The van der Waals surface area contributed by atoms with Crippen molar-refractivity contribution in [1.82, 2.24) is 19.3 Å². The molecule has 9 nitrogen and oxygen atoms in total. The van der Waals surface area contributed by atoms with Gasteiger partial charge < -0.3 is 15.8 Å². The van der Waals surface area contributed by atoms with Crippen LogP contribution in [0.2, 0.25) is 0 Å². The molecule has 4 rings (SSSR count). The predicted octanol–water partition coefficient (Wildman–Crippen LogP) is 2.49. The van der Waals surface area contributed by atoms with E-state index in [4.69, 9.17) is 10.5 Å². The summed E-state index contributed by atoms with van der Waals surface area (Å²) < 4.78 is 60.1. The molecule has 0 bridgehead atoms. The number of halogens is 2. The molecule has 1 saturated heterocycles. The number of nitrogens with two attached hydrogens (primary N) is 1. The number of aromatic nitrogens is 3. The number of sulfonamides is 1. The molecule has 0 spiro atoms. The van der Waals surface area contributed by atoms with Crippen molar-refractivity contribution in [3.05, 3.63) is 60.3 Å². The van der Waals surface area contributed by atoms with Gasteiger partial charge in [0.05, 0.1) is 12.5 Å². The highest BCUT2D eigenvalue weighted by Crippen LogP contribution is 2.36. The van der Waals surface area contributed by atoms with Crippen LogP contribution in [0, 0.1) is 6.42 Å². The number of piperidine rings is 1. The monoisotopic (exact) mass is 477 g/mol. The zero-order valence-corrected chi connectivity index (χ0v) is 18.6. The zero-order valence-electron chi connectivity index (χ0n) is 17.8. The average Bonchev–Trinajstić information content (AvgIpc) is 2.82. The molecule has 175 valence electrons. The molecule has 0 saturated carbocycles. The first-order valence-corrected chi connectivity index (χ1v) is 11.7. The molecule has 12 heteroatoms. The molecular weight excluding hydrogens is 454 g/mol. The molecule has 2 aromatic rings. The van der Waals surface area contributed by atoms with Crippen molar-refractivity contribution in [3.63, 3.8) is 0 Å². The Labute approximate surface area is 190 Å². The lowest BCUT2D eigenvalue weighted by Gasteiger charge is -2.31. The Morgan fingerprint density at radius 3 is 2.61 bits per heavy atom. The predicted molar refractivity (Wildman–Crippen MR) is 118 cm³/mol. The SMILES string of the molecule is COC1[CH]C(F)=C(F)C(c2cnc(NC3CCN(S(=O)(=O)c4ccccn4)CC3)nc2N)=C1. The molecule has 1 radical (unpaired) electrons. The van der Waals surface area contributed by atoms with Crippen LogP contribution in [0.5, 0.6) is 0 Å². The third-order valence-corrected chi connectivity index (χ3v) is 7.31. The van der Waals surface area contributed by atoms with Gasteiger partial charge in [-0.15, -0.1) is 0 Å². The minimum atomic E-state index is -3.65. The minimum absolute atomic E-state index is 0.0196. The lowest BCUT2D eigenvalue weighted by atomic mass is 9.97. The summed E-state index contributed by atoms with van der Waals surface area (Å²) in [4.78, 5) is 12.3. The molecule has 1 unspecified atom stereocenters. The number of methoxy groups -OCH3 is 1. The topological polar surface area (TPSA) is 123 Å². The normalized spacial score (nSPS) is 20.6. The Bertz CT molecular complexity index is 1180. The molecule has 1 aliphatic carbocycles. The number of nitrogens with zero attached hydrogens (tertiary/aromatic N) is 4. The van der Waals surface area contributed by atoms with E-state index in [1.54, 1.807) is 12.1 Å². The summed E-state index contributed by atoms with van der Waals surface area (Å²) in [5, 5.41) is 3.15. The van der Waals surface area contributed by atoms with Crippen molar-refractivity contribution < 1.29 is 21.9 Å². The minimum Gasteiger partial charge on any atom is -0.383 e. The summed E-state index contributed by atoms with van der Waals surface area (Å²) in [5.41, 5.74) is 6.09. The summed E-state index contributed by atoms with van der Waals surface area (Å²) in [7, 11) is -2.27. The van der Waals surface area contributed by atoms with E-state index in [1.807, 2.05) is 0 Å². The van der Waals surface area contributed by atoms with Crippen molar-refractivity contribution in [2.75, 3.05) is 31.2 Å². The molecular formula is C21H23F2N6O3S. The van der Waals surface area contributed by atoms with E-state index >= 15 is 0 Å². The van der Waals surface area contributed by atoms with E-state index in [9.17, 15) is 17.2 Å². The Morgan fingerprint density at radius 1 is 1.21 bits per heavy atom. The van der Waals surface area contributed by atoms with E-state index in [2.05, 4.69) is 20.3 Å². The van der Waals surface area contributed by atoms with Crippen molar-refractivity contribution >= 4 is 27.4 Å². The maximum Gasteiger partial charge on any atom is 0.260 e. The van der Waals surface area contributed by atoms with Crippen molar-refractivity contribution in [3.8, 4) is 0 Å². The van der Waals surface area contributed by atoms with Gasteiger partial charge in [-0.3, -0.25) is 0 Å². The van der Waals surface area contributed by atoms with Crippen LogP contribution in [0.15, 0.2) is 53.3 Å². The standard InChI is InChI=1S/C21H23F2N6O3S/c1-32-14-10-15(19(23)17(22)11-14)16-12-26-21(28-20(16)24)27-13-5-8-29(9-6-13)33(30,31)18-4-2-3-7-25-18/h2-4,7,10-14H,5-6,8-9H2,1H3,(H3,24,26,27,28). The van der Waals surface area contributed by atoms with E-state index in [1.165, 1.54) is 36.0 Å². The van der Waals surface area contributed by atoms with Gasteiger partial charge in [0, 0.05) is 49.8 Å². The van der Waals surface area contributed by atoms with Crippen LogP contribution >= 0.6 is 0 Å². The van der Waals surface area contributed by atoms with Crippen LogP contribution in [0.4, 0.5) is 20.5 Å². The molecule has 0 amide bonds. The fraction of sp³-hybridized carbons (Fsp3) is 0.333. The van der Waals surface area contributed by atoms with Crippen LogP contribution in [-0.4, -0.2) is 60.0 Å². The van der Waals surface area contributed by atoms with Crippen LogP contribution in [0.3, 0.4) is 0 Å². The summed E-state index contributed by atoms with van der Waals surface area (Å²) in [5.74, 6) is -1.89. The Balaban J connectivity index is 1.42. The fourth-order valence-electron chi connectivity index (χ4n) is 3.70. The highest BCUT2D eigenvalue weighted by Gasteiger charge is 2.31. The first-order chi connectivity index (χ1) is 15.8. The molecule has 1 aliphatic heterocycles. The number of anilines is 2. The number of hydrogen-bond donors (Lipinski definition) is 2. The fourth-order valence-corrected chi connectivity index (χ4v) is 5.10. The van der Waals surface area contributed by atoms with E-state index in [0.717, 1.165) is 6.42 Å². The lowest BCUT2D eigenvalue weighted by molar-refractivity contribution is 0.163. The van der Waals surface area contributed by atoms with Gasteiger partial charge in [-0.05, 0) is 31.1 Å². The van der Waals surface area contributed by atoms with Gasteiger partial charge in [-0.25, -0.2) is 27.2 Å². The van der Waals surface area contributed by atoms with Gasteiger partial charge in [0.1, 0.15) is 11.6 Å². The second-order valence-corrected chi connectivity index (χ2v) is 9.48. The smallest absolute Gasteiger partial charge is 0.260 e. The van der Waals surface area contributed by atoms with Crippen molar-refractivity contribution in [1.29, 1.82) is 0 Å². The average molecular weight is 478 g/mol. The van der Waals surface area contributed by atoms with Gasteiger partial charge in [-0.1, -0.05) is 6.07 Å². The van der Waals surface area contributed by atoms with Crippen LogP contribution in [-0.2, 0) is 14.8 Å². The summed E-state index contributed by atoms with van der Waals surface area (Å²) in [6, 6.07) is 4.68. The first-order valence-electron chi connectivity index (χ1n) is 10.3. The van der Waals surface area contributed by atoms with Crippen LogP contribution in [0.25, 0.3) is 5.57 Å². The van der Waals surface area contributed by atoms with E-state index in [0.29, 0.717) is 25.9 Å². The maximum atomic E-state index is 14.3. The number of rotatable bonds is 6. The number of pyridine rings is 1. The highest BCUT2D eigenvalue weighted by atomic mass is 32.2. The number of hydrogen-bond acceptors (Lipinski definition) is 8. The summed E-state index contributed by atoms with van der Waals surface area (Å²) in [6.45, 7) is 0.614. The van der Waals surface area contributed by atoms with Gasteiger partial charge in [0.15, 0.2) is 10.9 Å². The van der Waals surface area contributed by atoms with Crippen LogP contribution in [0.1, 0.15) is 18.4 Å². The third-order valence-electron chi connectivity index (χ3n) is 5.50. The molecule has 1 atom stereocenters. The quantitative estimate of drug-likeness (QED) is 0.651.